The van der Waals surface area contributed by atoms with Gasteiger partial charge in [0.2, 0.25) is 0 Å². The second kappa shape index (κ2) is 8.61. The largest absolute Gasteiger partial charge is 0.488 e. The molecule has 0 atom stereocenters. The Morgan fingerprint density at radius 2 is 1.59 bits per heavy atom. The van der Waals surface area contributed by atoms with E-state index in [1.165, 1.54) is 0 Å². The summed E-state index contributed by atoms with van der Waals surface area (Å²) in [5.41, 5.74) is 3.97. The van der Waals surface area contributed by atoms with Crippen LogP contribution in [-0.4, -0.2) is 9.97 Å². The van der Waals surface area contributed by atoms with E-state index in [0.717, 1.165) is 44.4 Å². The minimum atomic E-state index is -0.222. The van der Waals surface area contributed by atoms with E-state index in [4.69, 9.17) is 27.9 Å². The van der Waals surface area contributed by atoms with Crippen molar-refractivity contribution in [2.45, 2.75) is 13.2 Å². The van der Waals surface area contributed by atoms with Gasteiger partial charge in [0.05, 0.1) is 11.0 Å². The summed E-state index contributed by atoms with van der Waals surface area (Å²) in [6.45, 7) is 0.799. The van der Waals surface area contributed by atoms with Gasteiger partial charge in [-0.15, -0.1) is 0 Å². The number of hydrogen-bond donors (Lipinski definition) is 3. The summed E-state index contributed by atoms with van der Waals surface area (Å²) in [6, 6.07) is 23.3. The van der Waals surface area contributed by atoms with E-state index in [2.05, 4.69) is 27.4 Å². The molecule has 0 bridgehead atoms. The lowest BCUT2D eigenvalue weighted by Crippen LogP contribution is -2.05. The topological polar surface area (TPSA) is 69.9 Å². The standard InChI is InChI=1S/C25H19Cl2N3O2/c26-20-6-3-7-21(27)19(20)14-32-24-11-8-15-4-1-2-5-17(15)18(24)13-28-16-9-10-22-23(12-16)30-25(31)29-22/h1-12,28H,13-14H2,(H2,29,30,31). The first-order valence-corrected chi connectivity index (χ1v) is 10.9. The summed E-state index contributed by atoms with van der Waals surface area (Å²) < 4.78 is 6.19. The summed E-state index contributed by atoms with van der Waals surface area (Å²) >= 11 is 12.6. The van der Waals surface area contributed by atoms with Crippen molar-refractivity contribution in [1.82, 2.24) is 9.97 Å². The Kier molecular flexibility index (Phi) is 5.52. The predicted octanol–water partition coefficient (Wildman–Crippen LogP) is 6.51. The highest BCUT2D eigenvalue weighted by atomic mass is 35.5. The van der Waals surface area contributed by atoms with Crippen LogP contribution in [0.15, 0.2) is 77.6 Å². The number of anilines is 1. The highest BCUT2D eigenvalue weighted by Gasteiger charge is 2.12. The number of aromatic amines is 2. The van der Waals surface area contributed by atoms with Crippen LogP contribution in [0, 0.1) is 0 Å². The first kappa shape index (κ1) is 20.5. The molecule has 0 aliphatic rings. The molecule has 7 heteroatoms. The lowest BCUT2D eigenvalue weighted by atomic mass is 10.0. The maximum absolute atomic E-state index is 11.5. The lowest BCUT2D eigenvalue weighted by molar-refractivity contribution is 0.304. The number of fused-ring (bicyclic) bond motifs is 2. The van der Waals surface area contributed by atoms with Crippen LogP contribution in [0.5, 0.6) is 5.75 Å². The summed E-state index contributed by atoms with van der Waals surface area (Å²) in [7, 11) is 0. The van der Waals surface area contributed by atoms with E-state index in [9.17, 15) is 4.79 Å². The van der Waals surface area contributed by atoms with E-state index >= 15 is 0 Å². The van der Waals surface area contributed by atoms with Gasteiger partial charge in [0.1, 0.15) is 12.4 Å². The Labute approximate surface area is 193 Å². The molecule has 0 amide bonds. The summed E-state index contributed by atoms with van der Waals surface area (Å²) in [5.74, 6) is 0.753. The number of imidazole rings is 1. The number of hydrogen-bond acceptors (Lipinski definition) is 3. The summed E-state index contributed by atoms with van der Waals surface area (Å²) in [6.07, 6.45) is 0. The zero-order valence-electron chi connectivity index (χ0n) is 16.9. The molecule has 0 fully saturated rings. The third-order valence-electron chi connectivity index (χ3n) is 5.42. The number of rotatable bonds is 6. The van der Waals surface area contributed by atoms with Crippen molar-refractivity contribution in [3.63, 3.8) is 0 Å². The Balaban J connectivity index is 1.46. The first-order valence-electron chi connectivity index (χ1n) is 10.1. The van der Waals surface area contributed by atoms with E-state index in [-0.39, 0.29) is 12.3 Å². The number of nitrogens with one attached hydrogen (secondary N) is 3. The van der Waals surface area contributed by atoms with Crippen molar-refractivity contribution in [3.8, 4) is 5.75 Å². The Morgan fingerprint density at radius 1 is 0.812 bits per heavy atom. The summed E-state index contributed by atoms with van der Waals surface area (Å²) in [4.78, 5) is 17.1. The molecule has 5 aromatic rings. The highest BCUT2D eigenvalue weighted by Crippen LogP contribution is 2.32. The molecule has 0 saturated heterocycles. The maximum Gasteiger partial charge on any atom is 0.323 e. The van der Waals surface area contributed by atoms with Gasteiger partial charge in [-0.3, -0.25) is 0 Å². The second-order valence-corrected chi connectivity index (χ2v) is 8.26. The Morgan fingerprint density at radius 3 is 2.44 bits per heavy atom. The molecule has 1 aromatic heterocycles. The fourth-order valence-corrected chi connectivity index (χ4v) is 4.29. The Hall–Kier alpha value is -3.41. The highest BCUT2D eigenvalue weighted by molar-refractivity contribution is 6.35. The molecule has 0 aliphatic carbocycles. The van der Waals surface area contributed by atoms with Crippen molar-refractivity contribution >= 4 is 50.7 Å². The minimum Gasteiger partial charge on any atom is -0.488 e. The second-order valence-electron chi connectivity index (χ2n) is 7.45. The molecule has 160 valence electrons. The molecule has 5 rings (SSSR count). The first-order chi connectivity index (χ1) is 15.6. The van der Waals surface area contributed by atoms with Crippen LogP contribution in [0.2, 0.25) is 10.0 Å². The fourth-order valence-electron chi connectivity index (χ4n) is 3.79. The van der Waals surface area contributed by atoms with Crippen LogP contribution in [0.25, 0.3) is 21.8 Å². The van der Waals surface area contributed by atoms with Crippen molar-refractivity contribution in [1.29, 1.82) is 0 Å². The third-order valence-corrected chi connectivity index (χ3v) is 6.12. The van der Waals surface area contributed by atoms with Crippen molar-refractivity contribution in [2.24, 2.45) is 0 Å². The minimum absolute atomic E-state index is 0.222. The van der Waals surface area contributed by atoms with Crippen LogP contribution in [0.3, 0.4) is 0 Å². The van der Waals surface area contributed by atoms with E-state index in [1.807, 2.05) is 48.5 Å². The van der Waals surface area contributed by atoms with Gasteiger partial charge in [0.15, 0.2) is 0 Å². The van der Waals surface area contributed by atoms with Crippen molar-refractivity contribution < 1.29 is 4.74 Å². The van der Waals surface area contributed by atoms with Crippen LogP contribution >= 0.6 is 23.2 Å². The number of aromatic nitrogens is 2. The maximum atomic E-state index is 11.5. The van der Waals surface area contributed by atoms with Crippen LogP contribution in [0.4, 0.5) is 5.69 Å². The van der Waals surface area contributed by atoms with Gasteiger partial charge in [-0.25, -0.2) is 4.79 Å². The molecule has 0 radical (unpaired) electrons. The zero-order chi connectivity index (χ0) is 22.1. The van der Waals surface area contributed by atoms with Crippen LogP contribution < -0.4 is 15.7 Å². The molecule has 0 aliphatic heterocycles. The van der Waals surface area contributed by atoms with Crippen molar-refractivity contribution in [2.75, 3.05) is 5.32 Å². The SMILES string of the molecule is O=c1[nH]c2ccc(NCc3c(OCc4c(Cl)cccc4Cl)ccc4ccccc34)cc2[nH]1. The van der Waals surface area contributed by atoms with Crippen molar-refractivity contribution in [3.05, 3.63) is 104 Å². The van der Waals surface area contributed by atoms with Gasteiger partial charge in [0.25, 0.3) is 0 Å². The van der Waals surface area contributed by atoms with Gasteiger partial charge in [-0.1, -0.05) is 59.6 Å². The lowest BCUT2D eigenvalue weighted by Gasteiger charge is -2.16. The Bertz CT molecular complexity index is 1470. The van der Waals surface area contributed by atoms with E-state index in [1.54, 1.807) is 12.1 Å². The monoisotopic (exact) mass is 463 g/mol. The summed E-state index contributed by atoms with van der Waals surface area (Å²) in [5, 5.41) is 6.82. The number of halogens is 2. The molecule has 0 unspecified atom stereocenters. The van der Waals surface area contributed by atoms with Gasteiger partial charge < -0.3 is 20.0 Å². The van der Waals surface area contributed by atoms with Gasteiger partial charge >= 0.3 is 5.69 Å². The third kappa shape index (κ3) is 4.05. The molecule has 32 heavy (non-hydrogen) atoms. The molecule has 4 aromatic carbocycles. The van der Waals surface area contributed by atoms with Crippen LogP contribution in [-0.2, 0) is 13.2 Å². The quantitative estimate of drug-likeness (QED) is 0.268. The van der Waals surface area contributed by atoms with Crippen LogP contribution in [0.1, 0.15) is 11.1 Å². The molecule has 5 nitrogen and oxygen atoms in total. The fraction of sp³-hybridized carbons (Fsp3) is 0.0800. The normalized spacial score (nSPS) is 11.2. The van der Waals surface area contributed by atoms with E-state index in [0.29, 0.717) is 16.6 Å². The predicted molar refractivity (Wildman–Crippen MR) is 131 cm³/mol. The number of benzene rings is 4. The average molecular weight is 464 g/mol. The number of H-pyrrole nitrogens is 2. The van der Waals surface area contributed by atoms with Gasteiger partial charge in [0, 0.05) is 33.4 Å². The molecular formula is C25H19Cl2N3O2. The smallest absolute Gasteiger partial charge is 0.323 e. The average Bonchev–Trinajstić information content (AvgIpc) is 3.17. The van der Waals surface area contributed by atoms with Gasteiger partial charge in [-0.05, 0) is 47.2 Å². The van der Waals surface area contributed by atoms with Gasteiger partial charge in [-0.2, -0.15) is 0 Å². The zero-order valence-corrected chi connectivity index (χ0v) is 18.4. The molecule has 0 spiro atoms. The molecular weight excluding hydrogens is 445 g/mol. The molecule has 1 heterocycles. The number of ether oxygens (including phenoxy) is 1. The van der Waals surface area contributed by atoms with E-state index < -0.39 is 0 Å². The molecule has 3 N–H and O–H groups in total. The molecule has 0 saturated carbocycles.